The van der Waals surface area contributed by atoms with E-state index in [1.54, 1.807) is 24.3 Å². The highest BCUT2D eigenvalue weighted by Crippen LogP contribution is 2.25. The summed E-state index contributed by atoms with van der Waals surface area (Å²) >= 11 is 5.51. The molecule has 1 aliphatic rings. The van der Waals surface area contributed by atoms with E-state index in [9.17, 15) is 13.2 Å². The van der Waals surface area contributed by atoms with Gasteiger partial charge in [0.15, 0.2) is 0 Å². The summed E-state index contributed by atoms with van der Waals surface area (Å²) in [5.41, 5.74) is 0.725. The lowest BCUT2D eigenvalue weighted by atomic mass is 9.99. The normalized spacial score (nSPS) is 18.5. The molecular formula is C18H18BrIN2O3S. The Balaban J connectivity index is 1.71. The van der Waals surface area contributed by atoms with Crippen LogP contribution in [-0.2, 0) is 14.8 Å². The predicted molar refractivity (Wildman–Crippen MR) is 113 cm³/mol. The number of hydrogen-bond acceptors (Lipinski definition) is 3. The maximum absolute atomic E-state index is 12.8. The molecule has 3 rings (SSSR count). The first kappa shape index (κ1) is 19.8. The van der Waals surface area contributed by atoms with Crippen LogP contribution in [0.25, 0.3) is 0 Å². The first-order valence-electron chi connectivity index (χ1n) is 8.18. The maximum atomic E-state index is 12.8. The van der Waals surface area contributed by atoms with Gasteiger partial charge in [0, 0.05) is 26.8 Å². The summed E-state index contributed by atoms with van der Waals surface area (Å²) in [6.07, 6.45) is 1.35. The largest absolute Gasteiger partial charge is 0.326 e. The Bertz CT molecular complexity index is 886. The summed E-state index contributed by atoms with van der Waals surface area (Å²) in [4.78, 5) is 12.8. The van der Waals surface area contributed by atoms with E-state index in [1.165, 1.54) is 4.31 Å². The number of nitrogens with zero attached hydrogens (tertiary/aromatic N) is 1. The van der Waals surface area contributed by atoms with Crippen molar-refractivity contribution in [3.63, 3.8) is 0 Å². The van der Waals surface area contributed by atoms with Gasteiger partial charge in [-0.05, 0) is 84.0 Å². The number of halogens is 2. The first-order chi connectivity index (χ1) is 12.4. The Labute approximate surface area is 175 Å². The second kappa shape index (κ2) is 8.37. The zero-order valence-corrected chi connectivity index (χ0v) is 18.4. The molecule has 1 heterocycles. The van der Waals surface area contributed by atoms with Gasteiger partial charge >= 0.3 is 0 Å². The molecule has 0 aromatic heterocycles. The molecular weight excluding hydrogens is 531 g/mol. The number of carbonyl (C=O) groups is 1. The number of amides is 1. The van der Waals surface area contributed by atoms with E-state index in [4.69, 9.17) is 0 Å². The van der Waals surface area contributed by atoms with Crippen molar-refractivity contribution in [2.75, 3.05) is 18.4 Å². The summed E-state index contributed by atoms with van der Waals surface area (Å²) in [6.45, 7) is 0.639. The average Bonchev–Trinajstić information content (AvgIpc) is 2.64. The van der Waals surface area contributed by atoms with Gasteiger partial charge in [-0.1, -0.05) is 15.9 Å². The lowest BCUT2D eigenvalue weighted by molar-refractivity contribution is -0.120. The molecule has 8 heteroatoms. The summed E-state index contributed by atoms with van der Waals surface area (Å²) in [6, 6.07) is 14.1. The van der Waals surface area contributed by atoms with E-state index in [2.05, 4.69) is 43.8 Å². The van der Waals surface area contributed by atoms with E-state index < -0.39 is 10.0 Å². The van der Waals surface area contributed by atoms with Crippen LogP contribution in [0, 0.1) is 9.49 Å². The second-order valence-electron chi connectivity index (χ2n) is 6.15. The molecule has 1 N–H and O–H groups in total. The van der Waals surface area contributed by atoms with Gasteiger partial charge < -0.3 is 5.32 Å². The number of piperidine rings is 1. The SMILES string of the molecule is O=C(Nc1ccc(I)cc1)[C@H]1CCCN(S(=O)(=O)c2ccc(Br)cc2)C1. The number of rotatable bonds is 4. The molecule has 0 radical (unpaired) electrons. The third-order valence-electron chi connectivity index (χ3n) is 4.32. The van der Waals surface area contributed by atoms with Gasteiger partial charge in [-0.2, -0.15) is 4.31 Å². The van der Waals surface area contributed by atoms with Crippen LogP contribution in [0.3, 0.4) is 0 Å². The zero-order valence-electron chi connectivity index (χ0n) is 13.9. The minimum Gasteiger partial charge on any atom is -0.326 e. The Kier molecular flexibility index (Phi) is 6.37. The van der Waals surface area contributed by atoms with Gasteiger partial charge in [0.25, 0.3) is 0 Å². The van der Waals surface area contributed by atoms with Gasteiger partial charge in [0.05, 0.1) is 10.8 Å². The van der Waals surface area contributed by atoms with E-state index in [0.717, 1.165) is 13.7 Å². The van der Waals surface area contributed by atoms with Crippen LogP contribution in [0.15, 0.2) is 57.9 Å². The van der Waals surface area contributed by atoms with Gasteiger partial charge in [0.2, 0.25) is 15.9 Å². The van der Waals surface area contributed by atoms with Crippen LogP contribution in [0.4, 0.5) is 5.69 Å². The van der Waals surface area contributed by atoms with Crippen molar-refractivity contribution in [1.82, 2.24) is 4.31 Å². The van der Waals surface area contributed by atoms with Crippen LogP contribution in [-0.4, -0.2) is 31.7 Å². The van der Waals surface area contributed by atoms with E-state index in [1.807, 2.05) is 24.3 Å². The van der Waals surface area contributed by atoms with E-state index >= 15 is 0 Å². The fourth-order valence-electron chi connectivity index (χ4n) is 2.91. The molecule has 0 spiro atoms. The molecule has 1 amide bonds. The smallest absolute Gasteiger partial charge is 0.243 e. The number of hydrogen-bond donors (Lipinski definition) is 1. The van der Waals surface area contributed by atoms with Crippen molar-refractivity contribution in [2.24, 2.45) is 5.92 Å². The zero-order chi connectivity index (χ0) is 18.7. The molecule has 2 aromatic rings. The molecule has 0 aliphatic carbocycles. The van der Waals surface area contributed by atoms with Crippen LogP contribution in [0.5, 0.6) is 0 Å². The van der Waals surface area contributed by atoms with Crippen molar-refractivity contribution in [2.45, 2.75) is 17.7 Å². The van der Waals surface area contributed by atoms with Gasteiger partial charge in [-0.3, -0.25) is 4.79 Å². The highest BCUT2D eigenvalue weighted by molar-refractivity contribution is 14.1. The summed E-state index contributed by atoms with van der Waals surface area (Å²) < 4.78 is 29.0. The Morgan fingerprint density at radius 2 is 1.77 bits per heavy atom. The maximum Gasteiger partial charge on any atom is 0.243 e. The van der Waals surface area contributed by atoms with Crippen LogP contribution < -0.4 is 5.32 Å². The van der Waals surface area contributed by atoms with Gasteiger partial charge in [-0.25, -0.2) is 8.42 Å². The number of anilines is 1. The molecule has 1 aliphatic heterocycles. The number of benzene rings is 2. The number of nitrogens with one attached hydrogen (secondary N) is 1. The van der Waals surface area contributed by atoms with Crippen LogP contribution >= 0.6 is 38.5 Å². The average molecular weight is 549 g/mol. The highest BCUT2D eigenvalue weighted by Gasteiger charge is 2.33. The number of sulfonamides is 1. The van der Waals surface area contributed by atoms with Crippen molar-refractivity contribution in [3.8, 4) is 0 Å². The molecule has 0 saturated carbocycles. The lowest BCUT2D eigenvalue weighted by Gasteiger charge is -2.31. The van der Waals surface area contributed by atoms with Crippen molar-refractivity contribution < 1.29 is 13.2 Å². The molecule has 0 unspecified atom stereocenters. The van der Waals surface area contributed by atoms with Crippen LogP contribution in [0.2, 0.25) is 0 Å². The molecule has 1 atom stereocenters. The monoisotopic (exact) mass is 548 g/mol. The Morgan fingerprint density at radius 3 is 2.42 bits per heavy atom. The topological polar surface area (TPSA) is 66.5 Å². The summed E-state index contributed by atoms with van der Waals surface area (Å²) in [5.74, 6) is -0.491. The molecule has 1 saturated heterocycles. The van der Waals surface area contributed by atoms with Gasteiger partial charge in [-0.15, -0.1) is 0 Å². The number of carbonyl (C=O) groups excluding carboxylic acids is 1. The standard InChI is InChI=1S/C18H18BrIN2O3S/c19-14-3-9-17(10-4-14)26(24,25)22-11-1-2-13(12-22)18(23)21-16-7-5-15(20)6-8-16/h3-10,13H,1-2,11-12H2,(H,21,23)/t13-/m0/s1. The molecule has 1 fully saturated rings. The lowest BCUT2D eigenvalue weighted by Crippen LogP contribution is -2.43. The third-order valence-corrected chi connectivity index (χ3v) is 7.45. The predicted octanol–water partition coefficient (Wildman–Crippen LogP) is 4.09. The molecule has 138 valence electrons. The van der Waals surface area contributed by atoms with Crippen LogP contribution in [0.1, 0.15) is 12.8 Å². The fourth-order valence-corrected chi connectivity index (χ4v) is 5.06. The van der Waals surface area contributed by atoms with Crippen molar-refractivity contribution in [1.29, 1.82) is 0 Å². The first-order valence-corrected chi connectivity index (χ1v) is 11.5. The quantitative estimate of drug-likeness (QED) is 0.585. The Morgan fingerprint density at radius 1 is 1.12 bits per heavy atom. The molecule has 0 bridgehead atoms. The second-order valence-corrected chi connectivity index (χ2v) is 10.3. The third kappa shape index (κ3) is 4.65. The van der Waals surface area contributed by atoms with Crippen molar-refractivity contribution >= 4 is 60.1 Å². The Hall–Kier alpha value is -0.970. The summed E-state index contributed by atoms with van der Waals surface area (Å²) in [7, 11) is -3.59. The minimum atomic E-state index is -3.59. The highest BCUT2D eigenvalue weighted by atomic mass is 127. The molecule has 2 aromatic carbocycles. The fraction of sp³-hybridized carbons (Fsp3) is 0.278. The molecule has 26 heavy (non-hydrogen) atoms. The molecule has 5 nitrogen and oxygen atoms in total. The minimum absolute atomic E-state index is 0.137. The van der Waals surface area contributed by atoms with Crippen molar-refractivity contribution in [3.05, 3.63) is 56.6 Å². The van der Waals surface area contributed by atoms with Gasteiger partial charge in [0.1, 0.15) is 0 Å². The van der Waals surface area contributed by atoms with E-state index in [0.29, 0.717) is 19.4 Å². The van der Waals surface area contributed by atoms with E-state index in [-0.39, 0.29) is 23.3 Å². The summed E-state index contributed by atoms with van der Waals surface area (Å²) in [5, 5.41) is 2.89.